The molecule has 3 aromatic carbocycles. The fraction of sp³-hybridized carbons (Fsp3) is 0.0769. The predicted molar refractivity (Wildman–Crippen MR) is 137 cm³/mol. The lowest BCUT2D eigenvalue weighted by Crippen LogP contribution is -2.13. The highest BCUT2D eigenvalue weighted by Gasteiger charge is 2.16. The monoisotopic (exact) mass is 483 g/mol. The molecule has 0 unspecified atom stereocenters. The van der Waals surface area contributed by atoms with Crippen LogP contribution in [0, 0.1) is 0 Å². The molecule has 0 fully saturated rings. The first-order valence-electron chi connectivity index (χ1n) is 11.0. The lowest BCUT2D eigenvalue weighted by Gasteiger charge is -2.13. The van der Waals surface area contributed by atoms with Crippen molar-refractivity contribution in [2.45, 2.75) is 6.67 Å². The van der Waals surface area contributed by atoms with E-state index in [4.69, 9.17) is 15.5 Å². The minimum Gasteiger partial charge on any atom is -0.497 e. The SMILES string of the molecule is COc1cc(Nc2nc3ccccc3n2-c2cc(N)ncn2)cc(C(=O)Nc2cccc(CF)c2)c1. The van der Waals surface area contributed by atoms with E-state index in [0.717, 1.165) is 11.0 Å². The first kappa shape index (κ1) is 22.8. The molecule has 2 aromatic heterocycles. The molecule has 0 atom stereocenters. The van der Waals surface area contributed by atoms with E-state index < -0.39 is 6.67 Å². The molecule has 0 saturated carbocycles. The maximum absolute atomic E-state index is 13.0. The third-order valence-corrected chi connectivity index (χ3v) is 5.46. The molecule has 0 aliphatic rings. The van der Waals surface area contributed by atoms with Gasteiger partial charge in [0.05, 0.1) is 18.1 Å². The number of anilines is 4. The summed E-state index contributed by atoms with van der Waals surface area (Å²) >= 11 is 0. The number of para-hydroxylation sites is 2. The number of fused-ring (bicyclic) bond motifs is 1. The summed E-state index contributed by atoms with van der Waals surface area (Å²) < 4.78 is 20.3. The molecule has 10 heteroatoms. The van der Waals surface area contributed by atoms with Crippen molar-refractivity contribution in [3.63, 3.8) is 0 Å². The van der Waals surface area contributed by atoms with E-state index in [0.29, 0.717) is 45.8 Å². The quantitative estimate of drug-likeness (QED) is 0.302. The van der Waals surface area contributed by atoms with Gasteiger partial charge in [0.25, 0.3) is 5.91 Å². The predicted octanol–water partition coefficient (Wildman–Crippen LogP) is 4.87. The zero-order valence-corrected chi connectivity index (χ0v) is 19.3. The van der Waals surface area contributed by atoms with E-state index in [9.17, 15) is 9.18 Å². The Morgan fingerprint density at radius 1 is 1.03 bits per heavy atom. The Morgan fingerprint density at radius 2 is 1.89 bits per heavy atom. The van der Waals surface area contributed by atoms with Gasteiger partial charge in [-0.1, -0.05) is 24.3 Å². The zero-order chi connectivity index (χ0) is 25.1. The van der Waals surface area contributed by atoms with Gasteiger partial charge in [-0.25, -0.2) is 19.3 Å². The van der Waals surface area contributed by atoms with E-state index >= 15 is 0 Å². The van der Waals surface area contributed by atoms with Crippen LogP contribution in [-0.2, 0) is 6.67 Å². The van der Waals surface area contributed by atoms with E-state index in [-0.39, 0.29) is 5.91 Å². The van der Waals surface area contributed by atoms with Gasteiger partial charge in [-0.05, 0) is 42.0 Å². The number of hydrogen-bond acceptors (Lipinski definition) is 7. The number of amides is 1. The van der Waals surface area contributed by atoms with Gasteiger partial charge in [-0.15, -0.1) is 0 Å². The number of imidazole rings is 1. The van der Waals surface area contributed by atoms with Crippen molar-refractivity contribution < 1.29 is 13.9 Å². The number of nitrogen functional groups attached to an aromatic ring is 1. The molecule has 0 bridgehead atoms. The van der Waals surface area contributed by atoms with Gasteiger partial charge in [-0.3, -0.25) is 9.36 Å². The minimum atomic E-state index is -0.615. The second-order valence-electron chi connectivity index (χ2n) is 7.92. The van der Waals surface area contributed by atoms with Crippen LogP contribution in [0.1, 0.15) is 15.9 Å². The maximum Gasteiger partial charge on any atom is 0.255 e. The summed E-state index contributed by atoms with van der Waals surface area (Å²) in [6.45, 7) is -0.615. The van der Waals surface area contributed by atoms with Crippen LogP contribution in [0.3, 0.4) is 0 Å². The average Bonchev–Trinajstić information content (AvgIpc) is 3.26. The Hall–Kier alpha value is -4.99. The summed E-state index contributed by atoms with van der Waals surface area (Å²) in [5.74, 6) is 1.42. The Bertz CT molecular complexity index is 1570. The number of benzene rings is 3. The number of nitrogens with two attached hydrogens (primary N) is 1. The van der Waals surface area contributed by atoms with Gasteiger partial charge >= 0.3 is 0 Å². The summed E-state index contributed by atoms with van der Waals surface area (Å²) in [5, 5.41) is 6.07. The standard InChI is InChI=1S/C26H22FN7O2/c1-36-20-11-17(25(35)31-18-6-4-5-16(9-18)14-27)10-19(12-20)32-26-33-21-7-2-3-8-22(21)34(26)24-13-23(28)29-15-30-24/h2-13,15H,14H2,1H3,(H,31,35)(H,32,33)(H2,28,29,30). The Balaban J connectivity index is 1.52. The van der Waals surface area contributed by atoms with Gasteiger partial charge in [0.1, 0.15) is 30.4 Å². The number of nitrogens with zero attached hydrogens (tertiary/aromatic N) is 4. The number of hydrogen-bond donors (Lipinski definition) is 3. The molecule has 1 amide bonds. The number of carbonyl (C=O) groups is 1. The largest absolute Gasteiger partial charge is 0.497 e. The van der Waals surface area contributed by atoms with Crippen LogP contribution in [-0.4, -0.2) is 32.5 Å². The van der Waals surface area contributed by atoms with Crippen molar-refractivity contribution in [3.05, 3.63) is 90.3 Å². The molecule has 0 aliphatic carbocycles. The molecule has 0 radical (unpaired) electrons. The van der Waals surface area contributed by atoms with Crippen LogP contribution in [0.15, 0.2) is 79.1 Å². The van der Waals surface area contributed by atoms with Crippen molar-refractivity contribution in [2.24, 2.45) is 0 Å². The molecule has 5 rings (SSSR count). The Morgan fingerprint density at radius 3 is 2.69 bits per heavy atom. The molecule has 0 spiro atoms. The van der Waals surface area contributed by atoms with Crippen molar-refractivity contribution >= 4 is 40.1 Å². The molecule has 4 N–H and O–H groups in total. The molecule has 0 saturated heterocycles. The molecule has 2 heterocycles. The summed E-state index contributed by atoms with van der Waals surface area (Å²) in [6, 6.07) is 20.9. The van der Waals surface area contributed by atoms with Crippen LogP contribution < -0.4 is 21.1 Å². The molecule has 180 valence electrons. The second-order valence-corrected chi connectivity index (χ2v) is 7.92. The van der Waals surface area contributed by atoms with Crippen molar-refractivity contribution in [3.8, 4) is 11.6 Å². The summed E-state index contributed by atoms with van der Waals surface area (Å²) in [5.41, 5.74) is 9.33. The fourth-order valence-electron chi connectivity index (χ4n) is 3.81. The van der Waals surface area contributed by atoms with Crippen molar-refractivity contribution in [2.75, 3.05) is 23.5 Å². The summed E-state index contributed by atoms with van der Waals surface area (Å²) in [6.07, 6.45) is 1.38. The normalized spacial score (nSPS) is 10.8. The highest BCUT2D eigenvalue weighted by atomic mass is 19.1. The molecule has 9 nitrogen and oxygen atoms in total. The van der Waals surface area contributed by atoms with E-state index in [1.807, 2.05) is 28.8 Å². The Labute approximate surface area is 205 Å². The van der Waals surface area contributed by atoms with E-state index in [2.05, 4.69) is 20.6 Å². The number of ether oxygens (including phenoxy) is 1. The highest BCUT2D eigenvalue weighted by Crippen LogP contribution is 2.29. The third-order valence-electron chi connectivity index (χ3n) is 5.46. The van der Waals surface area contributed by atoms with Crippen LogP contribution in [0.2, 0.25) is 0 Å². The van der Waals surface area contributed by atoms with Gasteiger partial charge in [0.15, 0.2) is 0 Å². The molecule has 5 aromatic rings. The molecule has 36 heavy (non-hydrogen) atoms. The summed E-state index contributed by atoms with van der Waals surface area (Å²) in [7, 11) is 1.52. The third kappa shape index (κ3) is 4.64. The first-order valence-corrected chi connectivity index (χ1v) is 11.0. The lowest BCUT2D eigenvalue weighted by molar-refractivity contribution is 0.102. The first-order chi connectivity index (χ1) is 17.5. The van der Waals surface area contributed by atoms with Gasteiger partial charge < -0.3 is 21.1 Å². The average molecular weight is 484 g/mol. The van der Waals surface area contributed by atoms with E-state index in [1.165, 1.54) is 13.4 Å². The highest BCUT2D eigenvalue weighted by molar-refractivity contribution is 6.05. The number of rotatable bonds is 7. The number of halogens is 1. The minimum absolute atomic E-state index is 0.320. The second kappa shape index (κ2) is 9.71. The van der Waals surface area contributed by atoms with Gasteiger partial charge in [-0.2, -0.15) is 0 Å². The number of methoxy groups -OCH3 is 1. The number of aromatic nitrogens is 4. The topological polar surface area (TPSA) is 120 Å². The maximum atomic E-state index is 13.0. The smallest absolute Gasteiger partial charge is 0.255 e. The number of carbonyl (C=O) groups excluding carboxylic acids is 1. The van der Waals surface area contributed by atoms with Gasteiger partial charge in [0.2, 0.25) is 5.95 Å². The van der Waals surface area contributed by atoms with Gasteiger partial charge in [0, 0.05) is 29.1 Å². The van der Waals surface area contributed by atoms with Crippen LogP contribution in [0.25, 0.3) is 16.9 Å². The summed E-state index contributed by atoms with van der Waals surface area (Å²) in [4.78, 5) is 26.0. The van der Waals surface area contributed by atoms with Crippen molar-refractivity contribution in [1.29, 1.82) is 0 Å². The molecule has 0 aliphatic heterocycles. The van der Waals surface area contributed by atoms with E-state index in [1.54, 1.807) is 48.5 Å². The van der Waals surface area contributed by atoms with Crippen molar-refractivity contribution in [1.82, 2.24) is 19.5 Å². The Kier molecular flexibility index (Phi) is 6.14. The lowest BCUT2D eigenvalue weighted by atomic mass is 10.1. The molecular formula is C26H22FN7O2. The van der Waals surface area contributed by atoms with Crippen LogP contribution in [0.5, 0.6) is 5.75 Å². The fourth-order valence-corrected chi connectivity index (χ4v) is 3.81. The molecular weight excluding hydrogens is 461 g/mol. The van der Waals surface area contributed by atoms with Crippen LogP contribution >= 0.6 is 0 Å². The number of nitrogens with one attached hydrogen (secondary N) is 2. The van der Waals surface area contributed by atoms with Crippen LogP contribution in [0.4, 0.5) is 27.5 Å². The number of alkyl halides is 1. The zero-order valence-electron chi connectivity index (χ0n) is 19.3.